The van der Waals surface area contributed by atoms with Crippen LogP contribution in [0.15, 0.2) is 18.2 Å². The average Bonchev–Trinajstić information content (AvgIpc) is 2.45. The van der Waals surface area contributed by atoms with Gasteiger partial charge in [0.1, 0.15) is 11.8 Å². The first-order chi connectivity index (χ1) is 9.88. The second-order valence-corrected chi connectivity index (χ2v) is 5.84. The summed E-state index contributed by atoms with van der Waals surface area (Å²) in [5, 5.41) is 3.36. The predicted molar refractivity (Wildman–Crippen MR) is 84.5 cm³/mol. The van der Waals surface area contributed by atoms with Crippen molar-refractivity contribution in [2.24, 2.45) is 5.92 Å². The van der Waals surface area contributed by atoms with Crippen molar-refractivity contribution in [3.8, 4) is 5.75 Å². The molecule has 0 amide bonds. The zero-order chi connectivity index (χ0) is 16.0. The molecule has 1 rings (SSSR count). The van der Waals surface area contributed by atoms with Gasteiger partial charge in [0, 0.05) is 11.6 Å². The molecule has 21 heavy (non-hydrogen) atoms. The second kappa shape index (κ2) is 8.03. The molecule has 1 aromatic rings. The van der Waals surface area contributed by atoms with Gasteiger partial charge in [0.25, 0.3) is 0 Å². The average molecular weight is 293 g/mol. The summed E-state index contributed by atoms with van der Waals surface area (Å²) in [7, 11) is 3.09. The molecule has 4 nitrogen and oxygen atoms in total. The Bertz CT molecular complexity index is 471. The Kier molecular flexibility index (Phi) is 6.69. The van der Waals surface area contributed by atoms with Gasteiger partial charge in [-0.05, 0) is 32.3 Å². The van der Waals surface area contributed by atoms with Gasteiger partial charge >= 0.3 is 5.97 Å². The first kappa shape index (κ1) is 17.5. The number of benzene rings is 1. The maximum absolute atomic E-state index is 11.9. The van der Waals surface area contributed by atoms with Crippen molar-refractivity contribution >= 4 is 5.97 Å². The lowest BCUT2D eigenvalue weighted by Crippen LogP contribution is -2.40. The Morgan fingerprint density at radius 1 is 1.24 bits per heavy atom. The smallest absolute Gasteiger partial charge is 0.322 e. The van der Waals surface area contributed by atoms with E-state index in [9.17, 15) is 4.79 Å². The Balaban J connectivity index is 2.93. The highest BCUT2D eigenvalue weighted by molar-refractivity contribution is 5.75. The van der Waals surface area contributed by atoms with E-state index in [1.807, 2.05) is 26.0 Å². The first-order valence-corrected chi connectivity index (χ1v) is 7.37. The van der Waals surface area contributed by atoms with Crippen molar-refractivity contribution in [1.29, 1.82) is 0 Å². The highest BCUT2D eigenvalue weighted by Crippen LogP contribution is 2.27. The van der Waals surface area contributed by atoms with Gasteiger partial charge in [-0.2, -0.15) is 0 Å². The van der Waals surface area contributed by atoms with Crippen LogP contribution in [0.3, 0.4) is 0 Å². The molecule has 2 atom stereocenters. The van der Waals surface area contributed by atoms with E-state index in [1.54, 1.807) is 7.11 Å². The Hall–Kier alpha value is -1.55. The number of rotatable bonds is 7. The number of hydrogen-bond donors (Lipinski definition) is 1. The van der Waals surface area contributed by atoms with Crippen LogP contribution in [0, 0.1) is 12.8 Å². The monoisotopic (exact) mass is 293 g/mol. The van der Waals surface area contributed by atoms with Gasteiger partial charge in [-0.1, -0.05) is 31.5 Å². The summed E-state index contributed by atoms with van der Waals surface area (Å²) in [6.45, 7) is 8.26. The molecular weight excluding hydrogens is 266 g/mol. The number of aryl methyl sites for hydroxylation is 1. The van der Waals surface area contributed by atoms with Crippen LogP contribution in [0.5, 0.6) is 5.75 Å². The molecule has 0 fully saturated rings. The molecule has 0 aromatic heterocycles. The van der Waals surface area contributed by atoms with Crippen molar-refractivity contribution in [1.82, 2.24) is 5.32 Å². The molecule has 118 valence electrons. The van der Waals surface area contributed by atoms with Gasteiger partial charge in [-0.15, -0.1) is 0 Å². The molecule has 1 N–H and O–H groups in total. The lowest BCUT2D eigenvalue weighted by molar-refractivity contribution is -0.143. The van der Waals surface area contributed by atoms with E-state index < -0.39 is 0 Å². The van der Waals surface area contributed by atoms with E-state index in [0.717, 1.165) is 23.3 Å². The molecule has 4 heteroatoms. The van der Waals surface area contributed by atoms with Crippen molar-refractivity contribution in [2.45, 2.75) is 46.2 Å². The quantitative estimate of drug-likeness (QED) is 0.784. The molecule has 0 heterocycles. The van der Waals surface area contributed by atoms with Gasteiger partial charge in [-0.25, -0.2) is 0 Å². The number of esters is 1. The third-order valence-corrected chi connectivity index (χ3v) is 3.50. The number of hydrogen-bond acceptors (Lipinski definition) is 4. The maximum Gasteiger partial charge on any atom is 0.322 e. The predicted octanol–water partition coefficient (Wildman–Crippen LogP) is 3.24. The minimum Gasteiger partial charge on any atom is -0.496 e. The summed E-state index contributed by atoms with van der Waals surface area (Å²) in [5.74, 6) is 1.02. The highest BCUT2D eigenvalue weighted by atomic mass is 16.5. The molecule has 0 saturated carbocycles. The van der Waals surface area contributed by atoms with E-state index in [2.05, 4.69) is 25.2 Å². The van der Waals surface area contributed by atoms with Crippen LogP contribution in [0.2, 0.25) is 0 Å². The first-order valence-electron chi connectivity index (χ1n) is 7.37. The second-order valence-electron chi connectivity index (χ2n) is 5.84. The number of ether oxygens (including phenoxy) is 2. The Morgan fingerprint density at radius 2 is 1.90 bits per heavy atom. The summed E-state index contributed by atoms with van der Waals surface area (Å²) in [5.41, 5.74) is 2.22. The maximum atomic E-state index is 11.9. The molecule has 0 radical (unpaired) electrons. The SMILES string of the molecule is COC(=O)C(CC(C)C)NC(C)c1cc(C)ccc1OC. The lowest BCUT2D eigenvalue weighted by Gasteiger charge is -2.24. The van der Waals surface area contributed by atoms with Crippen LogP contribution in [0.25, 0.3) is 0 Å². The van der Waals surface area contributed by atoms with Crippen molar-refractivity contribution < 1.29 is 14.3 Å². The molecule has 1 aromatic carbocycles. The van der Waals surface area contributed by atoms with E-state index >= 15 is 0 Å². The number of carbonyl (C=O) groups is 1. The number of methoxy groups -OCH3 is 2. The van der Waals surface area contributed by atoms with Crippen molar-refractivity contribution in [2.75, 3.05) is 14.2 Å². The van der Waals surface area contributed by atoms with Gasteiger partial charge in [0.15, 0.2) is 0 Å². The molecule has 0 aliphatic rings. The van der Waals surface area contributed by atoms with Gasteiger partial charge < -0.3 is 9.47 Å². The van der Waals surface area contributed by atoms with E-state index in [1.165, 1.54) is 7.11 Å². The molecular formula is C17H27NO3. The summed E-state index contributed by atoms with van der Waals surface area (Å²) >= 11 is 0. The third kappa shape index (κ3) is 5.05. The summed E-state index contributed by atoms with van der Waals surface area (Å²) in [4.78, 5) is 11.9. The van der Waals surface area contributed by atoms with Crippen LogP contribution in [-0.4, -0.2) is 26.2 Å². The largest absolute Gasteiger partial charge is 0.496 e. The molecule has 0 bridgehead atoms. The van der Waals surface area contributed by atoms with Gasteiger partial charge in [0.2, 0.25) is 0 Å². The topological polar surface area (TPSA) is 47.6 Å². The molecule has 2 unspecified atom stereocenters. The van der Waals surface area contributed by atoms with Crippen LogP contribution in [0.1, 0.15) is 44.4 Å². The molecule has 0 aliphatic carbocycles. The Labute approximate surface area is 127 Å². The number of nitrogens with one attached hydrogen (secondary N) is 1. The summed E-state index contributed by atoms with van der Waals surface area (Å²) < 4.78 is 10.3. The third-order valence-electron chi connectivity index (χ3n) is 3.50. The van der Waals surface area contributed by atoms with Crippen molar-refractivity contribution in [3.05, 3.63) is 29.3 Å². The minimum absolute atomic E-state index is 0.00250. The minimum atomic E-state index is -0.310. The van der Waals surface area contributed by atoms with Crippen LogP contribution >= 0.6 is 0 Å². The fourth-order valence-corrected chi connectivity index (χ4v) is 2.43. The number of carbonyl (C=O) groups excluding carboxylic acids is 1. The molecule has 0 spiro atoms. The van der Waals surface area contributed by atoms with E-state index in [-0.39, 0.29) is 18.1 Å². The Morgan fingerprint density at radius 3 is 2.43 bits per heavy atom. The van der Waals surface area contributed by atoms with Gasteiger partial charge in [0.05, 0.1) is 14.2 Å². The summed E-state index contributed by atoms with van der Waals surface area (Å²) in [6.07, 6.45) is 0.741. The van der Waals surface area contributed by atoms with Gasteiger partial charge in [-0.3, -0.25) is 10.1 Å². The van der Waals surface area contributed by atoms with Crippen LogP contribution in [-0.2, 0) is 9.53 Å². The standard InChI is InChI=1S/C17H27NO3/c1-11(2)9-15(17(19)21-6)18-13(4)14-10-12(3)7-8-16(14)20-5/h7-8,10-11,13,15,18H,9H2,1-6H3. The lowest BCUT2D eigenvalue weighted by atomic mass is 10.00. The van der Waals surface area contributed by atoms with Crippen molar-refractivity contribution in [3.63, 3.8) is 0 Å². The fourth-order valence-electron chi connectivity index (χ4n) is 2.43. The fraction of sp³-hybridized carbons (Fsp3) is 0.588. The zero-order valence-electron chi connectivity index (χ0n) is 13.9. The van der Waals surface area contributed by atoms with Crippen LogP contribution in [0.4, 0.5) is 0 Å². The summed E-state index contributed by atoms with van der Waals surface area (Å²) in [6, 6.07) is 5.75. The van der Waals surface area contributed by atoms with E-state index in [4.69, 9.17) is 9.47 Å². The normalized spacial score (nSPS) is 13.9. The molecule has 0 saturated heterocycles. The zero-order valence-corrected chi connectivity index (χ0v) is 13.9. The highest BCUT2D eigenvalue weighted by Gasteiger charge is 2.24. The van der Waals surface area contributed by atoms with Crippen LogP contribution < -0.4 is 10.1 Å². The molecule has 0 aliphatic heterocycles. The van der Waals surface area contributed by atoms with E-state index in [0.29, 0.717) is 5.92 Å².